The monoisotopic (exact) mass is 402 g/mol. The molecule has 0 aromatic heterocycles. The number of halogens is 1. The van der Waals surface area contributed by atoms with Crippen LogP contribution in [0, 0.1) is 12.8 Å². The fourth-order valence-corrected chi connectivity index (χ4v) is 3.17. The van der Waals surface area contributed by atoms with Gasteiger partial charge in [0.1, 0.15) is 0 Å². The number of hydrazine groups is 1. The van der Waals surface area contributed by atoms with Crippen molar-refractivity contribution >= 4 is 52.1 Å². The molecule has 6 nitrogen and oxygen atoms in total. The van der Waals surface area contributed by atoms with Crippen LogP contribution in [0.15, 0.2) is 48.5 Å². The van der Waals surface area contributed by atoms with E-state index in [1.807, 2.05) is 31.2 Å². The Morgan fingerprint density at radius 3 is 2.63 bits per heavy atom. The molecule has 1 atom stereocenters. The molecule has 1 saturated heterocycles. The summed E-state index contributed by atoms with van der Waals surface area (Å²) in [6.45, 7) is 2.32. The van der Waals surface area contributed by atoms with Gasteiger partial charge >= 0.3 is 0 Å². The molecule has 140 valence electrons. The molecule has 3 rings (SSSR count). The van der Waals surface area contributed by atoms with E-state index in [1.165, 1.54) is 0 Å². The lowest BCUT2D eigenvalue weighted by molar-refractivity contribution is -0.126. The first-order valence-corrected chi connectivity index (χ1v) is 9.20. The SMILES string of the molecule is Cc1ccc(N2C[C@H](C(=O)NNC(=S)Nc3cccc(Cl)c3)CC2=O)cc1. The minimum absolute atomic E-state index is 0.0707. The van der Waals surface area contributed by atoms with Crippen LogP contribution in [0.2, 0.25) is 5.02 Å². The Balaban J connectivity index is 1.52. The van der Waals surface area contributed by atoms with Gasteiger partial charge in [-0.05, 0) is 49.5 Å². The topological polar surface area (TPSA) is 73.5 Å². The molecule has 1 fully saturated rings. The Morgan fingerprint density at radius 1 is 1.19 bits per heavy atom. The Hall–Kier alpha value is -2.64. The molecule has 27 heavy (non-hydrogen) atoms. The molecule has 2 amide bonds. The fraction of sp³-hybridized carbons (Fsp3) is 0.211. The van der Waals surface area contributed by atoms with E-state index >= 15 is 0 Å². The zero-order valence-corrected chi connectivity index (χ0v) is 16.2. The summed E-state index contributed by atoms with van der Waals surface area (Å²) in [5, 5.41) is 3.72. The van der Waals surface area contributed by atoms with Gasteiger partial charge in [0.05, 0.1) is 5.92 Å². The van der Waals surface area contributed by atoms with Crippen molar-refractivity contribution in [1.82, 2.24) is 10.9 Å². The molecule has 0 radical (unpaired) electrons. The zero-order valence-electron chi connectivity index (χ0n) is 14.7. The molecule has 1 heterocycles. The smallest absolute Gasteiger partial charge is 0.243 e. The molecule has 2 aromatic carbocycles. The van der Waals surface area contributed by atoms with Gasteiger partial charge in [0.15, 0.2) is 5.11 Å². The third-order valence-electron chi connectivity index (χ3n) is 4.22. The molecule has 0 bridgehead atoms. The third-order valence-corrected chi connectivity index (χ3v) is 4.66. The van der Waals surface area contributed by atoms with Crippen LogP contribution in [0.3, 0.4) is 0 Å². The lowest BCUT2D eigenvalue weighted by Crippen LogP contribution is -2.46. The first kappa shape index (κ1) is 19.1. The molecule has 1 aliphatic heterocycles. The maximum absolute atomic E-state index is 12.4. The number of rotatable bonds is 3. The van der Waals surface area contributed by atoms with Crippen molar-refractivity contribution in [3.63, 3.8) is 0 Å². The van der Waals surface area contributed by atoms with Crippen LogP contribution in [0.5, 0.6) is 0 Å². The molecule has 3 N–H and O–H groups in total. The summed E-state index contributed by atoms with van der Waals surface area (Å²) in [6, 6.07) is 14.7. The highest BCUT2D eigenvalue weighted by atomic mass is 35.5. The average molecular weight is 403 g/mol. The number of benzene rings is 2. The number of hydrogen-bond donors (Lipinski definition) is 3. The largest absolute Gasteiger partial charge is 0.331 e. The number of anilines is 2. The van der Waals surface area contributed by atoms with Crippen molar-refractivity contribution in [3.8, 4) is 0 Å². The van der Waals surface area contributed by atoms with Crippen LogP contribution >= 0.6 is 23.8 Å². The fourth-order valence-electron chi connectivity index (χ4n) is 2.81. The van der Waals surface area contributed by atoms with Crippen LogP contribution in [0.25, 0.3) is 0 Å². The second kappa shape index (κ2) is 8.37. The minimum atomic E-state index is -0.444. The Kier molecular flexibility index (Phi) is 5.93. The summed E-state index contributed by atoms with van der Waals surface area (Å²) in [4.78, 5) is 26.3. The van der Waals surface area contributed by atoms with E-state index in [9.17, 15) is 9.59 Å². The van der Waals surface area contributed by atoms with Gasteiger partial charge in [-0.2, -0.15) is 0 Å². The third kappa shape index (κ3) is 4.96. The van der Waals surface area contributed by atoms with Gasteiger partial charge < -0.3 is 10.2 Å². The second-order valence-corrected chi connectivity index (χ2v) is 7.16. The molecule has 1 aliphatic rings. The van der Waals surface area contributed by atoms with Gasteiger partial charge in [-0.1, -0.05) is 35.4 Å². The number of carbonyl (C=O) groups excluding carboxylic acids is 2. The standard InChI is InChI=1S/C19H19ClN4O2S/c1-12-5-7-16(8-6-12)24-11-13(9-17(24)25)18(26)22-23-19(27)21-15-4-2-3-14(20)10-15/h2-8,10,13H,9,11H2,1H3,(H,22,26)(H2,21,23,27)/t13-/m1/s1. The molecule has 8 heteroatoms. The van der Waals surface area contributed by atoms with E-state index in [0.29, 0.717) is 17.3 Å². The summed E-state index contributed by atoms with van der Waals surface area (Å²) >= 11 is 11.1. The second-order valence-electron chi connectivity index (χ2n) is 6.32. The van der Waals surface area contributed by atoms with Crippen molar-refractivity contribution < 1.29 is 9.59 Å². The normalized spacial score (nSPS) is 16.1. The van der Waals surface area contributed by atoms with Gasteiger partial charge in [-0.15, -0.1) is 0 Å². The Morgan fingerprint density at radius 2 is 1.93 bits per heavy atom. The van der Waals surface area contributed by atoms with E-state index in [2.05, 4.69) is 16.2 Å². The van der Waals surface area contributed by atoms with Crippen LogP contribution in [0.4, 0.5) is 11.4 Å². The predicted octanol–water partition coefficient (Wildman–Crippen LogP) is 3.02. The van der Waals surface area contributed by atoms with Gasteiger partial charge in [-0.25, -0.2) is 0 Å². The lowest BCUT2D eigenvalue weighted by atomic mass is 10.1. The first-order chi connectivity index (χ1) is 12.9. The number of carbonyl (C=O) groups is 2. The number of nitrogens with zero attached hydrogens (tertiary/aromatic N) is 1. The van der Waals surface area contributed by atoms with Crippen molar-refractivity contribution in [2.75, 3.05) is 16.8 Å². The van der Waals surface area contributed by atoms with E-state index in [-0.39, 0.29) is 23.3 Å². The van der Waals surface area contributed by atoms with Gasteiger partial charge in [-0.3, -0.25) is 20.4 Å². The van der Waals surface area contributed by atoms with Crippen LogP contribution in [-0.2, 0) is 9.59 Å². The van der Waals surface area contributed by atoms with Gasteiger partial charge in [0.25, 0.3) is 0 Å². The highest BCUT2D eigenvalue weighted by Gasteiger charge is 2.35. The Labute approximate surface area is 167 Å². The van der Waals surface area contributed by atoms with E-state index in [1.54, 1.807) is 29.2 Å². The highest BCUT2D eigenvalue weighted by molar-refractivity contribution is 7.80. The number of amides is 2. The summed E-state index contributed by atoms with van der Waals surface area (Å²) < 4.78 is 0. The van der Waals surface area contributed by atoms with E-state index in [0.717, 1.165) is 11.3 Å². The predicted molar refractivity (Wildman–Crippen MR) is 111 cm³/mol. The maximum Gasteiger partial charge on any atom is 0.243 e. The maximum atomic E-state index is 12.4. The Bertz CT molecular complexity index is 872. The van der Waals surface area contributed by atoms with Crippen molar-refractivity contribution in [1.29, 1.82) is 0 Å². The highest BCUT2D eigenvalue weighted by Crippen LogP contribution is 2.25. The molecule has 0 spiro atoms. The summed E-state index contributed by atoms with van der Waals surface area (Å²) in [6.07, 6.45) is 0.163. The molecule has 0 unspecified atom stereocenters. The van der Waals surface area contributed by atoms with Crippen molar-refractivity contribution in [3.05, 3.63) is 59.1 Å². The van der Waals surface area contributed by atoms with Crippen molar-refractivity contribution in [2.45, 2.75) is 13.3 Å². The van der Waals surface area contributed by atoms with Crippen LogP contribution in [0.1, 0.15) is 12.0 Å². The number of hydrogen-bond acceptors (Lipinski definition) is 3. The zero-order chi connectivity index (χ0) is 19.4. The van der Waals surface area contributed by atoms with E-state index < -0.39 is 5.92 Å². The van der Waals surface area contributed by atoms with Crippen LogP contribution in [-0.4, -0.2) is 23.5 Å². The average Bonchev–Trinajstić information content (AvgIpc) is 3.02. The van der Waals surface area contributed by atoms with Crippen LogP contribution < -0.4 is 21.1 Å². The molecule has 0 aliphatic carbocycles. The molecule has 2 aromatic rings. The summed E-state index contributed by atoms with van der Waals surface area (Å²) in [7, 11) is 0. The summed E-state index contributed by atoms with van der Waals surface area (Å²) in [5.41, 5.74) is 7.83. The minimum Gasteiger partial charge on any atom is -0.331 e. The van der Waals surface area contributed by atoms with Crippen molar-refractivity contribution in [2.24, 2.45) is 5.92 Å². The molecule has 0 saturated carbocycles. The van der Waals surface area contributed by atoms with Gasteiger partial charge in [0, 0.05) is 29.4 Å². The lowest BCUT2D eigenvalue weighted by Gasteiger charge is -2.17. The molecular weight excluding hydrogens is 384 g/mol. The van der Waals surface area contributed by atoms with Gasteiger partial charge in [0.2, 0.25) is 11.8 Å². The van der Waals surface area contributed by atoms with E-state index in [4.69, 9.17) is 23.8 Å². The number of thiocarbonyl (C=S) groups is 1. The molecular formula is C19H19ClN4O2S. The first-order valence-electron chi connectivity index (χ1n) is 8.42. The quantitative estimate of drug-likeness (QED) is 0.543. The number of aryl methyl sites for hydroxylation is 1. The number of nitrogens with one attached hydrogen (secondary N) is 3. The summed E-state index contributed by atoms with van der Waals surface area (Å²) in [5.74, 6) is -0.799.